The molecule has 1 heterocycles. The molecule has 0 saturated heterocycles. The molecule has 0 radical (unpaired) electrons. The van der Waals surface area contributed by atoms with E-state index in [1.54, 1.807) is 0 Å². The van der Waals surface area contributed by atoms with Crippen molar-refractivity contribution in [2.45, 2.75) is 24.8 Å². The van der Waals surface area contributed by atoms with Crippen LogP contribution in [0.4, 0.5) is 5.69 Å². The summed E-state index contributed by atoms with van der Waals surface area (Å²) in [5.74, 6) is 1.11. The van der Waals surface area contributed by atoms with E-state index in [1.807, 2.05) is 24.9 Å². The van der Waals surface area contributed by atoms with Crippen molar-refractivity contribution >= 4 is 23.4 Å². The molecule has 0 spiro atoms. The highest BCUT2D eigenvalue weighted by Gasteiger charge is 2.28. The number of fused-ring (bicyclic) bond motifs is 1. The standard InChI is InChI=1S/C15H23N3OS/c1-4-18(5-2)8-9-20-11-6-7-12-13(10-11)17-15(19)14(12)16-3/h6-7,10,14,16H,4-5,8-9H2,1-3H3,(H,17,19). The third-order valence-corrected chi connectivity index (χ3v) is 4.69. The Balaban J connectivity index is 1.96. The first-order chi connectivity index (χ1) is 9.69. The van der Waals surface area contributed by atoms with Gasteiger partial charge in [-0.1, -0.05) is 19.9 Å². The Hall–Kier alpha value is -1.04. The molecule has 0 aromatic heterocycles. The Morgan fingerprint density at radius 2 is 2.10 bits per heavy atom. The second-order valence-electron chi connectivity index (χ2n) is 4.84. The number of nitrogens with one attached hydrogen (secondary N) is 2. The lowest BCUT2D eigenvalue weighted by Crippen LogP contribution is -2.25. The van der Waals surface area contributed by atoms with E-state index in [9.17, 15) is 4.79 Å². The molecule has 5 heteroatoms. The number of anilines is 1. The summed E-state index contributed by atoms with van der Waals surface area (Å²) < 4.78 is 0. The van der Waals surface area contributed by atoms with Crippen LogP contribution in [-0.4, -0.2) is 43.2 Å². The van der Waals surface area contributed by atoms with Crippen LogP contribution in [0.5, 0.6) is 0 Å². The van der Waals surface area contributed by atoms with Gasteiger partial charge in [0.25, 0.3) is 0 Å². The Bertz CT molecular complexity index is 474. The Kier molecular flexibility index (Phi) is 5.46. The summed E-state index contributed by atoms with van der Waals surface area (Å²) in [6.45, 7) is 7.68. The van der Waals surface area contributed by atoms with Crippen LogP contribution in [0.2, 0.25) is 0 Å². The number of carbonyl (C=O) groups excluding carboxylic acids is 1. The van der Waals surface area contributed by atoms with Gasteiger partial charge in [0.2, 0.25) is 5.91 Å². The molecule has 0 aliphatic carbocycles. The van der Waals surface area contributed by atoms with E-state index in [0.29, 0.717) is 0 Å². The minimum absolute atomic E-state index is 0.0350. The minimum Gasteiger partial charge on any atom is -0.324 e. The molecule has 1 aromatic rings. The fourth-order valence-electron chi connectivity index (χ4n) is 2.45. The zero-order valence-electron chi connectivity index (χ0n) is 12.4. The predicted molar refractivity (Wildman–Crippen MR) is 85.4 cm³/mol. The number of likely N-dealkylation sites (N-methyl/N-ethyl adjacent to an activating group) is 1. The third kappa shape index (κ3) is 3.34. The lowest BCUT2D eigenvalue weighted by molar-refractivity contribution is -0.117. The van der Waals surface area contributed by atoms with E-state index in [2.05, 4.69) is 41.5 Å². The first-order valence-electron chi connectivity index (χ1n) is 7.16. The van der Waals surface area contributed by atoms with Crippen molar-refractivity contribution in [3.8, 4) is 0 Å². The van der Waals surface area contributed by atoms with Crippen LogP contribution in [0, 0.1) is 0 Å². The molecule has 1 aliphatic rings. The van der Waals surface area contributed by atoms with Gasteiger partial charge in [0.15, 0.2) is 0 Å². The number of carbonyl (C=O) groups is 1. The van der Waals surface area contributed by atoms with Crippen molar-refractivity contribution in [1.82, 2.24) is 10.2 Å². The van der Waals surface area contributed by atoms with Crippen LogP contribution in [0.3, 0.4) is 0 Å². The molecule has 20 heavy (non-hydrogen) atoms. The van der Waals surface area contributed by atoms with Gasteiger partial charge in [-0.05, 0) is 32.3 Å². The molecule has 0 fully saturated rings. The molecule has 2 rings (SSSR count). The van der Waals surface area contributed by atoms with Gasteiger partial charge in [-0.3, -0.25) is 4.79 Å². The normalized spacial score (nSPS) is 17.4. The minimum atomic E-state index is -0.209. The van der Waals surface area contributed by atoms with Crippen molar-refractivity contribution in [2.75, 3.05) is 37.8 Å². The molecule has 110 valence electrons. The maximum atomic E-state index is 11.8. The van der Waals surface area contributed by atoms with Crippen LogP contribution in [-0.2, 0) is 4.79 Å². The first kappa shape index (κ1) is 15.4. The zero-order chi connectivity index (χ0) is 14.5. The van der Waals surface area contributed by atoms with Crippen LogP contribution in [0.15, 0.2) is 23.1 Å². The summed E-state index contributed by atoms with van der Waals surface area (Å²) in [5.41, 5.74) is 1.99. The van der Waals surface area contributed by atoms with Crippen LogP contribution < -0.4 is 10.6 Å². The molecule has 4 nitrogen and oxygen atoms in total. The fourth-order valence-corrected chi connectivity index (χ4v) is 3.40. The Morgan fingerprint density at radius 3 is 2.75 bits per heavy atom. The average Bonchev–Trinajstić information content (AvgIpc) is 2.78. The van der Waals surface area contributed by atoms with Gasteiger partial charge in [-0.15, -0.1) is 11.8 Å². The third-order valence-electron chi connectivity index (χ3n) is 3.72. The molecular weight excluding hydrogens is 270 g/mol. The Morgan fingerprint density at radius 1 is 1.35 bits per heavy atom. The van der Waals surface area contributed by atoms with Crippen molar-refractivity contribution in [3.05, 3.63) is 23.8 Å². The molecule has 0 saturated carbocycles. The fraction of sp³-hybridized carbons (Fsp3) is 0.533. The van der Waals surface area contributed by atoms with E-state index >= 15 is 0 Å². The van der Waals surface area contributed by atoms with Crippen LogP contribution in [0.25, 0.3) is 0 Å². The number of hydrogen-bond acceptors (Lipinski definition) is 4. The molecule has 1 aromatic carbocycles. The van der Waals surface area contributed by atoms with E-state index in [1.165, 1.54) is 4.90 Å². The number of amides is 1. The molecule has 1 amide bonds. The SMILES string of the molecule is CCN(CC)CCSc1ccc2c(c1)NC(=O)C2NC. The van der Waals surface area contributed by atoms with E-state index in [4.69, 9.17) is 0 Å². The second-order valence-corrected chi connectivity index (χ2v) is 6.00. The van der Waals surface area contributed by atoms with Crippen molar-refractivity contribution in [3.63, 3.8) is 0 Å². The smallest absolute Gasteiger partial charge is 0.246 e. The zero-order valence-corrected chi connectivity index (χ0v) is 13.2. The molecule has 1 atom stereocenters. The largest absolute Gasteiger partial charge is 0.324 e. The van der Waals surface area contributed by atoms with Crippen LogP contribution in [0.1, 0.15) is 25.5 Å². The monoisotopic (exact) mass is 293 g/mol. The highest BCUT2D eigenvalue weighted by molar-refractivity contribution is 7.99. The van der Waals surface area contributed by atoms with Gasteiger partial charge >= 0.3 is 0 Å². The van der Waals surface area contributed by atoms with E-state index < -0.39 is 0 Å². The van der Waals surface area contributed by atoms with Gasteiger partial charge in [0.1, 0.15) is 6.04 Å². The number of thioether (sulfide) groups is 1. The summed E-state index contributed by atoms with van der Waals surface area (Å²) in [5, 5.41) is 5.97. The first-order valence-corrected chi connectivity index (χ1v) is 8.15. The number of rotatable bonds is 7. The topological polar surface area (TPSA) is 44.4 Å². The maximum Gasteiger partial charge on any atom is 0.246 e. The van der Waals surface area contributed by atoms with Crippen molar-refractivity contribution in [1.29, 1.82) is 0 Å². The number of hydrogen-bond donors (Lipinski definition) is 2. The lowest BCUT2D eigenvalue weighted by Gasteiger charge is -2.17. The van der Waals surface area contributed by atoms with Gasteiger partial charge in [0.05, 0.1) is 0 Å². The lowest BCUT2D eigenvalue weighted by atomic mass is 10.1. The van der Waals surface area contributed by atoms with E-state index in [-0.39, 0.29) is 11.9 Å². The summed E-state index contributed by atoms with van der Waals surface area (Å²) >= 11 is 1.84. The second kappa shape index (κ2) is 7.11. The van der Waals surface area contributed by atoms with Crippen LogP contribution >= 0.6 is 11.8 Å². The average molecular weight is 293 g/mol. The van der Waals surface area contributed by atoms with Gasteiger partial charge in [-0.2, -0.15) is 0 Å². The predicted octanol–water partition coefficient (Wildman–Crippen LogP) is 2.33. The summed E-state index contributed by atoms with van der Waals surface area (Å²) in [6.07, 6.45) is 0. The quantitative estimate of drug-likeness (QED) is 0.757. The molecule has 1 aliphatic heterocycles. The summed E-state index contributed by atoms with van der Waals surface area (Å²) in [7, 11) is 1.81. The van der Waals surface area contributed by atoms with Crippen molar-refractivity contribution in [2.24, 2.45) is 0 Å². The highest BCUT2D eigenvalue weighted by Crippen LogP contribution is 2.33. The molecule has 2 N–H and O–H groups in total. The molecule has 0 bridgehead atoms. The van der Waals surface area contributed by atoms with E-state index in [0.717, 1.165) is 36.6 Å². The molecular formula is C15H23N3OS. The Labute approximate surface area is 125 Å². The van der Waals surface area contributed by atoms with Gasteiger partial charge < -0.3 is 15.5 Å². The summed E-state index contributed by atoms with van der Waals surface area (Å²) in [6, 6.07) is 6.03. The number of benzene rings is 1. The maximum absolute atomic E-state index is 11.8. The number of nitrogens with zero attached hydrogens (tertiary/aromatic N) is 1. The van der Waals surface area contributed by atoms with Crippen molar-refractivity contribution < 1.29 is 4.79 Å². The highest BCUT2D eigenvalue weighted by atomic mass is 32.2. The van der Waals surface area contributed by atoms with Gasteiger partial charge in [-0.25, -0.2) is 0 Å². The van der Waals surface area contributed by atoms with Gasteiger partial charge in [0, 0.05) is 28.4 Å². The summed E-state index contributed by atoms with van der Waals surface area (Å²) in [4.78, 5) is 15.4. The molecule has 1 unspecified atom stereocenters.